The molecule has 0 unspecified atom stereocenters. The Kier molecular flexibility index (Phi) is 3.81. The molecule has 0 aliphatic heterocycles. The van der Waals surface area contributed by atoms with Crippen molar-refractivity contribution in [3.63, 3.8) is 0 Å². The van der Waals surface area contributed by atoms with Gasteiger partial charge < -0.3 is 5.32 Å². The predicted molar refractivity (Wildman–Crippen MR) is 74.5 cm³/mol. The first-order valence-electron chi connectivity index (χ1n) is 5.62. The molecule has 0 saturated carbocycles. The molecular formula is C13H14BrN3O. The Labute approximate surface area is 114 Å². The Hall–Kier alpha value is -1.62. The molecule has 2 aromatic rings. The number of hydrogen-bond acceptors (Lipinski definition) is 2. The van der Waals surface area contributed by atoms with Crippen LogP contribution in [-0.4, -0.2) is 16.1 Å². The largest absolute Gasteiger partial charge is 0.323 e. The molecule has 18 heavy (non-hydrogen) atoms. The SMILES string of the molecule is Cc1n[nH]c(C)c1NC(=O)Cc1ccc(Br)cc1. The number of hydrogen-bond donors (Lipinski definition) is 2. The van der Waals surface area contributed by atoms with Gasteiger partial charge in [-0.05, 0) is 31.5 Å². The highest BCUT2D eigenvalue weighted by Crippen LogP contribution is 2.17. The highest BCUT2D eigenvalue weighted by molar-refractivity contribution is 9.10. The van der Waals surface area contributed by atoms with E-state index in [4.69, 9.17) is 0 Å². The molecule has 0 bridgehead atoms. The van der Waals surface area contributed by atoms with E-state index in [-0.39, 0.29) is 5.91 Å². The Morgan fingerprint density at radius 3 is 2.56 bits per heavy atom. The molecule has 0 radical (unpaired) electrons. The number of nitrogens with zero attached hydrogens (tertiary/aromatic N) is 1. The van der Waals surface area contributed by atoms with Gasteiger partial charge >= 0.3 is 0 Å². The van der Waals surface area contributed by atoms with Gasteiger partial charge in [0.2, 0.25) is 5.91 Å². The molecule has 1 aromatic heterocycles. The lowest BCUT2D eigenvalue weighted by Gasteiger charge is -2.05. The van der Waals surface area contributed by atoms with Gasteiger partial charge in [0.15, 0.2) is 0 Å². The van der Waals surface area contributed by atoms with Gasteiger partial charge in [0, 0.05) is 4.47 Å². The molecule has 0 aliphatic rings. The van der Waals surface area contributed by atoms with Crippen LogP contribution in [0.2, 0.25) is 0 Å². The van der Waals surface area contributed by atoms with Crippen molar-refractivity contribution in [1.82, 2.24) is 10.2 Å². The molecule has 0 spiro atoms. The number of anilines is 1. The second-order valence-electron chi connectivity index (χ2n) is 4.16. The van der Waals surface area contributed by atoms with Crippen molar-refractivity contribution in [2.24, 2.45) is 0 Å². The highest BCUT2D eigenvalue weighted by Gasteiger charge is 2.10. The Balaban J connectivity index is 2.03. The smallest absolute Gasteiger partial charge is 0.228 e. The lowest BCUT2D eigenvalue weighted by molar-refractivity contribution is -0.115. The zero-order valence-corrected chi connectivity index (χ0v) is 11.8. The number of aryl methyl sites for hydroxylation is 2. The zero-order valence-electron chi connectivity index (χ0n) is 10.2. The summed E-state index contributed by atoms with van der Waals surface area (Å²) < 4.78 is 1.01. The van der Waals surface area contributed by atoms with Gasteiger partial charge in [-0.25, -0.2) is 0 Å². The van der Waals surface area contributed by atoms with Crippen LogP contribution in [0.3, 0.4) is 0 Å². The van der Waals surface area contributed by atoms with Crippen molar-refractivity contribution >= 4 is 27.5 Å². The molecule has 2 rings (SSSR count). The van der Waals surface area contributed by atoms with Crippen LogP contribution in [-0.2, 0) is 11.2 Å². The molecule has 1 aromatic carbocycles. The number of carbonyl (C=O) groups excluding carboxylic acids is 1. The molecule has 0 atom stereocenters. The van der Waals surface area contributed by atoms with E-state index in [0.29, 0.717) is 6.42 Å². The molecular weight excluding hydrogens is 294 g/mol. The summed E-state index contributed by atoms with van der Waals surface area (Å²) in [6.45, 7) is 3.74. The van der Waals surface area contributed by atoms with Gasteiger partial charge in [-0.1, -0.05) is 28.1 Å². The molecule has 0 aliphatic carbocycles. The maximum absolute atomic E-state index is 11.9. The van der Waals surface area contributed by atoms with Crippen molar-refractivity contribution < 1.29 is 4.79 Å². The monoisotopic (exact) mass is 307 g/mol. The first-order valence-corrected chi connectivity index (χ1v) is 6.41. The van der Waals surface area contributed by atoms with Crippen LogP contribution in [0.25, 0.3) is 0 Å². The minimum atomic E-state index is -0.0371. The number of benzene rings is 1. The first kappa shape index (κ1) is 12.8. The van der Waals surface area contributed by atoms with E-state index in [9.17, 15) is 4.79 Å². The van der Waals surface area contributed by atoms with Gasteiger partial charge in [0.05, 0.1) is 23.5 Å². The number of aromatic amines is 1. The normalized spacial score (nSPS) is 10.4. The van der Waals surface area contributed by atoms with Gasteiger partial charge in [-0.15, -0.1) is 0 Å². The van der Waals surface area contributed by atoms with Crippen LogP contribution < -0.4 is 5.32 Å². The Bertz CT molecular complexity index is 541. The van der Waals surface area contributed by atoms with E-state index in [1.165, 1.54) is 0 Å². The Morgan fingerprint density at radius 2 is 2.00 bits per heavy atom. The van der Waals surface area contributed by atoms with E-state index in [0.717, 1.165) is 27.1 Å². The number of aromatic nitrogens is 2. The number of carbonyl (C=O) groups is 1. The van der Waals surface area contributed by atoms with Crippen molar-refractivity contribution in [3.05, 3.63) is 45.7 Å². The third-order valence-corrected chi connectivity index (χ3v) is 3.20. The summed E-state index contributed by atoms with van der Waals surface area (Å²) in [5.74, 6) is -0.0371. The predicted octanol–water partition coefficient (Wildman–Crippen LogP) is 2.97. The van der Waals surface area contributed by atoms with E-state index in [2.05, 4.69) is 31.4 Å². The second kappa shape index (κ2) is 5.35. The fourth-order valence-corrected chi connectivity index (χ4v) is 1.97. The topological polar surface area (TPSA) is 57.8 Å². The summed E-state index contributed by atoms with van der Waals surface area (Å²) in [5.41, 5.74) is 3.43. The van der Waals surface area contributed by atoms with Gasteiger partial charge in [-0.3, -0.25) is 9.89 Å². The van der Waals surface area contributed by atoms with Crippen molar-refractivity contribution in [2.45, 2.75) is 20.3 Å². The maximum Gasteiger partial charge on any atom is 0.228 e. The molecule has 0 fully saturated rings. The van der Waals surface area contributed by atoms with Crippen LogP contribution in [0, 0.1) is 13.8 Å². The summed E-state index contributed by atoms with van der Waals surface area (Å²) in [6.07, 6.45) is 0.358. The molecule has 1 amide bonds. The molecule has 94 valence electrons. The fraction of sp³-hybridized carbons (Fsp3) is 0.231. The number of nitrogens with one attached hydrogen (secondary N) is 2. The summed E-state index contributed by atoms with van der Waals surface area (Å²) in [4.78, 5) is 11.9. The van der Waals surface area contributed by atoms with Crippen LogP contribution in [0.5, 0.6) is 0 Å². The van der Waals surface area contributed by atoms with Crippen molar-refractivity contribution in [2.75, 3.05) is 5.32 Å². The molecule has 2 N–H and O–H groups in total. The molecule has 5 heteroatoms. The molecule has 0 saturated heterocycles. The van der Waals surface area contributed by atoms with E-state index >= 15 is 0 Å². The third kappa shape index (κ3) is 2.98. The number of amides is 1. The van der Waals surface area contributed by atoms with Crippen LogP contribution in [0.15, 0.2) is 28.7 Å². The van der Waals surface area contributed by atoms with E-state index in [1.807, 2.05) is 38.1 Å². The summed E-state index contributed by atoms with van der Waals surface area (Å²) in [6, 6.07) is 7.71. The van der Waals surface area contributed by atoms with Gasteiger partial charge in [0.1, 0.15) is 0 Å². The quantitative estimate of drug-likeness (QED) is 0.916. The minimum Gasteiger partial charge on any atom is -0.323 e. The number of halogens is 1. The van der Waals surface area contributed by atoms with Crippen molar-refractivity contribution in [3.8, 4) is 0 Å². The number of rotatable bonds is 3. The molecule has 4 nitrogen and oxygen atoms in total. The Morgan fingerprint density at radius 1 is 1.33 bits per heavy atom. The van der Waals surface area contributed by atoms with Gasteiger partial charge in [0.25, 0.3) is 0 Å². The second-order valence-corrected chi connectivity index (χ2v) is 5.08. The third-order valence-electron chi connectivity index (χ3n) is 2.67. The van der Waals surface area contributed by atoms with E-state index < -0.39 is 0 Å². The van der Waals surface area contributed by atoms with Crippen molar-refractivity contribution in [1.29, 1.82) is 0 Å². The average molecular weight is 308 g/mol. The fourth-order valence-electron chi connectivity index (χ4n) is 1.71. The zero-order chi connectivity index (χ0) is 13.1. The summed E-state index contributed by atoms with van der Waals surface area (Å²) in [7, 11) is 0. The first-order chi connectivity index (χ1) is 8.56. The van der Waals surface area contributed by atoms with Crippen LogP contribution >= 0.6 is 15.9 Å². The number of H-pyrrole nitrogens is 1. The van der Waals surface area contributed by atoms with Crippen LogP contribution in [0.4, 0.5) is 5.69 Å². The molecule has 1 heterocycles. The summed E-state index contributed by atoms with van der Waals surface area (Å²) >= 11 is 3.37. The highest BCUT2D eigenvalue weighted by atomic mass is 79.9. The standard InChI is InChI=1S/C13H14BrN3O/c1-8-13(9(2)17-16-8)15-12(18)7-10-3-5-11(14)6-4-10/h3-6H,7H2,1-2H3,(H,15,18)(H,16,17). The summed E-state index contributed by atoms with van der Waals surface area (Å²) in [5, 5.41) is 9.76. The lowest BCUT2D eigenvalue weighted by Crippen LogP contribution is -2.15. The van der Waals surface area contributed by atoms with Crippen LogP contribution in [0.1, 0.15) is 17.0 Å². The minimum absolute atomic E-state index is 0.0371. The van der Waals surface area contributed by atoms with E-state index in [1.54, 1.807) is 0 Å². The van der Waals surface area contributed by atoms with Gasteiger partial charge in [-0.2, -0.15) is 5.10 Å². The lowest BCUT2D eigenvalue weighted by atomic mass is 10.1. The average Bonchev–Trinajstić information content (AvgIpc) is 2.64. The maximum atomic E-state index is 11.9.